The maximum Gasteiger partial charge on any atom is 0.316 e. The van der Waals surface area contributed by atoms with Crippen LogP contribution in [0.15, 0.2) is 29.5 Å². The zero-order valence-electron chi connectivity index (χ0n) is 13.8. The highest BCUT2D eigenvalue weighted by Gasteiger charge is 2.45. The van der Waals surface area contributed by atoms with Gasteiger partial charge in [0, 0.05) is 23.6 Å². The van der Waals surface area contributed by atoms with Crippen LogP contribution < -0.4 is 5.32 Å². The molecule has 132 valence electrons. The van der Waals surface area contributed by atoms with Crippen molar-refractivity contribution < 1.29 is 19.1 Å². The number of halogens is 2. The minimum atomic E-state index is -0.857. The van der Waals surface area contributed by atoms with Gasteiger partial charge in [0.05, 0.1) is 17.2 Å². The fourth-order valence-corrected chi connectivity index (χ4v) is 3.92. The van der Waals surface area contributed by atoms with Crippen molar-refractivity contribution >= 4 is 40.9 Å². The lowest BCUT2D eigenvalue weighted by Gasteiger charge is -2.36. The molecule has 5 nitrogen and oxygen atoms in total. The minimum absolute atomic E-state index is 0.116. The number of hydrogen-bond acceptors (Lipinski definition) is 4. The van der Waals surface area contributed by atoms with Crippen LogP contribution in [0.2, 0.25) is 10.0 Å². The molecule has 2 aliphatic rings. The van der Waals surface area contributed by atoms with Crippen molar-refractivity contribution in [2.24, 2.45) is 11.8 Å². The molecule has 0 fully saturated rings. The second-order valence-electron chi connectivity index (χ2n) is 6.42. The quantitative estimate of drug-likeness (QED) is 0.630. The van der Waals surface area contributed by atoms with Crippen LogP contribution in [0.4, 0.5) is 0 Å². The first kappa shape index (κ1) is 18.0. The number of carbonyl (C=O) groups is 3. The Labute approximate surface area is 155 Å². The van der Waals surface area contributed by atoms with Gasteiger partial charge in [-0.1, -0.05) is 36.2 Å². The van der Waals surface area contributed by atoms with Crippen LogP contribution in [-0.2, 0) is 19.1 Å². The molecular weight excluding hydrogens is 365 g/mol. The SMILES string of the molecule is COC(=O)[C@H]1C(=O)C2=C(C[C@H]1C)NC(=O)C[C@@H]2c1ccc(Cl)c(Cl)c1. The predicted octanol–water partition coefficient (Wildman–Crippen LogP) is 3.25. The molecular formula is C18H17Cl2NO4. The Balaban J connectivity index is 2.08. The number of hydrogen-bond donors (Lipinski definition) is 1. The summed E-state index contributed by atoms with van der Waals surface area (Å²) in [5, 5.41) is 3.55. The van der Waals surface area contributed by atoms with Gasteiger partial charge < -0.3 is 10.1 Å². The molecule has 3 atom stereocenters. The Morgan fingerprint density at radius 3 is 2.56 bits per heavy atom. The first-order valence-electron chi connectivity index (χ1n) is 7.93. The first-order valence-corrected chi connectivity index (χ1v) is 8.69. The van der Waals surface area contributed by atoms with Gasteiger partial charge in [-0.25, -0.2) is 0 Å². The number of allylic oxidation sites excluding steroid dienone is 2. The number of Topliss-reactive ketones (excluding diaryl/α,β-unsaturated/α-hetero) is 1. The lowest BCUT2D eigenvalue weighted by Crippen LogP contribution is -2.44. The monoisotopic (exact) mass is 381 g/mol. The van der Waals surface area contributed by atoms with Crippen molar-refractivity contribution in [3.8, 4) is 0 Å². The summed E-state index contributed by atoms with van der Waals surface area (Å²) in [4.78, 5) is 37.3. The maximum absolute atomic E-state index is 13.0. The number of nitrogens with one attached hydrogen (secondary N) is 1. The van der Waals surface area contributed by atoms with Crippen molar-refractivity contribution in [1.82, 2.24) is 5.32 Å². The van der Waals surface area contributed by atoms with Gasteiger partial charge >= 0.3 is 5.97 Å². The van der Waals surface area contributed by atoms with E-state index < -0.39 is 17.8 Å². The highest BCUT2D eigenvalue weighted by atomic mass is 35.5. The molecule has 0 saturated carbocycles. The number of esters is 1. The van der Waals surface area contributed by atoms with Crippen LogP contribution in [0.1, 0.15) is 31.2 Å². The summed E-state index contributed by atoms with van der Waals surface area (Å²) in [6.07, 6.45) is 0.551. The van der Waals surface area contributed by atoms with Crippen molar-refractivity contribution in [3.05, 3.63) is 45.1 Å². The third-order valence-electron chi connectivity index (χ3n) is 4.80. The van der Waals surface area contributed by atoms with Crippen molar-refractivity contribution in [2.75, 3.05) is 7.11 Å². The normalized spacial score (nSPS) is 26.2. The van der Waals surface area contributed by atoms with E-state index in [4.69, 9.17) is 27.9 Å². The standard InChI is InChI=1S/C18H17Cl2NO4/c1-8-5-13-16(17(23)15(8)18(24)25-2)10(7-14(22)21-13)9-3-4-11(19)12(20)6-9/h3-4,6,8,10,15H,5,7H2,1-2H3,(H,21,22)/t8-,10-,15-/m1/s1. The number of rotatable bonds is 2. The Kier molecular flexibility index (Phi) is 4.89. The molecule has 1 N–H and O–H groups in total. The zero-order valence-corrected chi connectivity index (χ0v) is 15.3. The second-order valence-corrected chi connectivity index (χ2v) is 7.23. The topological polar surface area (TPSA) is 72.5 Å². The summed E-state index contributed by atoms with van der Waals surface area (Å²) in [5.74, 6) is -2.56. The van der Waals surface area contributed by atoms with Gasteiger partial charge in [0.1, 0.15) is 5.92 Å². The lowest BCUT2D eigenvalue weighted by atomic mass is 9.70. The van der Waals surface area contributed by atoms with Crippen molar-refractivity contribution in [2.45, 2.75) is 25.7 Å². The molecule has 1 heterocycles. The van der Waals surface area contributed by atoms with E-state index in [1.807, 2.05) is 0 Å². The Morgan fingerprint density at radius 2 is 1.92 bits per heavy atom. The van der Waals surface area contributed by atoms with Crippen LogP contribution in [0.25, 0.3) is 0 Å². The predicted molar refractivity (Wildman–Crippen MR) is 93.3 cm³/mol. The summed E-state index contributed by atoms with van der Waals surface area (Å²) >= 11 is 12.1. The molecule has 3 rings (SSSR count). The molecule has 1 aliphatic carbocycles. The lowest BCUT2D eigenvalue weighted by molar-refractivity contribution is -0.151. The number of ether oxygens (including phenoxy) is 1. The summed E-state index contributed by atoms with van der Waals surface area (Å²) < 4.78 is 4.80. The summed E-state index contributed by atoms with van der Waals surface area (Å²) in [6.45, 7) is 1.80. The Morgan fingerprint density at radius 1 is 1.20 bits per heavy atom. The van der Waals surface area contributed by atoms with E-state index in [-0.39, 0.29) is 24.0 Å². The minimum Gasteiger partial charge on any atom is -0.468 e. The fraction of sp³-hybridized carbons (Fsp3) is 0.389. The van der Waals surface area contributed by atoms with E-state index in [0.717, 1.165) is 5.56 Å². The molecule has 1 amide bonds. The average Bonchev–Trinajstić information content (AvgIpc) is 2.55. The number of amides is 1. The molecule has 0 unspecified atom stereocenters. The molecule has 1 aromatic rings. The van der Waals surface area contributed by atoms with Gasteiger partial charge in [0.25, 0.3) is 0 Å². The number of benzene rings is 1. The highest BCUT2D eigenvalue weighted by molar-refractivity contribution is 6.42. The van der Waals surface area contributed by atoms with E-state index >= 15 is 0 Å². The molecule has 25 heavy (non-hydrogen) atoms. The van der Waals surface area contributed by atoms with Crippen LogP contribution in [0.5, 0.6) is 0 Å². The number of methoxy groups -OCH3 is 1. The van der Waals surface area contributed by atoms with Crippen LogP contribution in [0, 0.1) is 11.8 Å². The van der Waals surface area contributed by atoms with Gasteiger partial charge in [-0.05, 0) is 30.0 Å². The molecule has 0 saturated heterocycles. The summed E-state index contributed by atoms with van der Waals surface area (Å²) in [5.41, 5.74) is 1.78. The average molecular weight is 382 g/mol. The maximum atomic E-state index is 13.0. The van der Waals surface area contributed by atoms with Crippen LogP contribution in [0.3, 0.4) is 0 Å². The van der Waals surface area contributed by atoms with Gasteiger partial charge in [-0.2, -0.15) is 0 Å². The molecule has 7 heteroatoms. The molecule has 0 aromatic heterocycles. The molecule has 0 bridgehead atoms. The van der Waals surface area contributed by atoms with Crippen LogP contribution in [-0.4, -0.2) is 24.8 Å². The van der Waals surface area contributed by atoms with E-state index in [0.29, 0.717) is 27.7 Å². The molecule has 0 radical (unpaired) electrons. The third-order valence-corrected chi connectivity index (χ3v) is 5.54. The van der Waals surface area contributed by atoms with Crippen molar-refractivity contribution in [3.63, 3.8) is 0 Å². The van der Waals surface area contributed by atoms with Crippen molar-refractivity contribution in [1.29, 1.82) is 0 Å². The zero-order chi connectivity index (χ0) is 18.3. The van der Waals surface area contributed by atoms with Crippen LogP contribution >= 0.6 is 23.2 Å². The molecule has 0 spiro atoms. The van der Waals surface area contributed by atoms with E-state index in [1.165, 1.54) is 7.11 Å². The second kappa shape index (κ2) is 6.81. The van der Waals surface area contributed by atoms with Gasteiger partial charge in [0.15, 0.2) is 5.78 Å². The van der Waals surface area contributed by atoms with Gasteiger partial charge in [-0.15, -0.1) is 0 Å². The Hall–Kier alpha value is -1.85. The molecule has 1 aliphatic heterocycles. The fourth-order valence-electron chi connectivity index (χ4n) is 3.61. The largest absolute Gasteiger partial charge is 0.468 e. The number of carbonyl (C=O) groups excluding carboxylic acids is 3. The highest BCUT2D eigenvalue weighted by Crippen LogP contribution is 2.42. The van der Waals surface area contributed by atoms with E-state index in [1.54, 1.807) is 25.1 Å². The first-order chi connectivity index (χ1) is 11.8. The molecule has 1 aromatic carbocycles. The van der Waals surface area contributed by atoms with E-state index in [9.17, 15) is 14.4 Å². The van der Waals surface area contributed by atoms with Gasteiger partial charge in [0.2, 0.25) is 5.91 Å². The summed E-state index contributed by atoms with van der Waals surface area (Å²) in [6, 6.07) is 5.05. The van der Waals surface area contributed by atoms with Gasteiger partial charge in [-0.3, -0.25) is 14.4 Å². The number of ketones is 1. The van der Waals surface area contributed by atoms with E-state index in [2.05, 4.69) is 5.32 Å². The summed E-state index contributed by atoms with van der Waals surface area (Å²) in [7, 11) is 1.27. The smallest absolute Gasteiger partial charge is 0.316 e. The Bertz CT molecular complexity index is 802. The third kappa shape index (κ3) is 3.18.